The zero-order valence-corrected chi connectivity index (χ0v) is 27.4. The largest absolute Gasteiger partial charge is 0.495 e. The van der Waals surface area contributed by atoms with Gasteiger partial charge in [0.1, 0.15) is 34.7 Å². The van der Waals surface area contributed by atoms with Gasteiger partial charge >= 0.3 is 12.1 Å². The summed E-state index contributed by atoms with van der Waals surface area (Å²) in [6.07, 6.45) is 0.792. The van der Waals surface area contributed by atoms with Crippen LogP contribution in [-0.4, -0.2) is 83.7 Å². The van der Waals surface area contributed by atoms with Crippen LogP contribution in [0.1, 0.15) is 59.4 Å². The number of hydrogen-bond donors (Lipinski definition) is 4. The molecule has 3 heterocycles. The number of carbonyl (C=O) groups excluding carboxylic acids is 3. The summed E-state index contributed by atoms with van der Waals surface area (Å²) < 4.78 is 28.5. The Labute approximate surface area is 268 Å². The summed E-state index contributed by atoms with van der Waals surface area (Å²) in [6.45, 7) is 8.35. The quantitative estimate of drug-likeness (QED) is 0.272. The molecule has 2 amide bonds. The smallest absolute Gasteiger partial charge is 0.409 e. The molecule has 7 atom stereocenters. The first kappa shape index (κ1) is 34.7. The number of epoxide rings is 1. The number of amides is 2. The van der Waals surface area contributed by atoms with Gasteiger partial charge in [-0.25, -0.2) is 4.79 Å². The molecule has 3 aliphatic rings. The van der Waals surface area contributed by atoms with Gasteiger partial charge in [-0.3, -0.25) is 14.9 Å². The van der Waals surface area contributed by atoms with Crippen LogP contribution in [-0.2, 0) is 35.0 Å². The molecule has 0 unspecified atom stereocenters. The third-order valence-corrected chi connectivity index (χ3v) is 8.76. The van der Waals surface area contributed by atoms with Crippen LogP contribution < -0.4 is 15.4 Å². The standard InChI is InChI=1S/C32H43ClN2O10/c1-17-9-8-10-23(42-7)32(40)15-22(43-29(38)35-32)18(2)28-31(5,45-28)24(44-26(37)16-30(3,4)39)14-25(36)34-20-12-19(11-17)13-21(41-6)27(20)33/h8-10,12-13,18,22-24,28,39-40H,11,14-16H2,1-7H3,(H,34,36)(H,35,38)/t18-,22-,23-,24+,28-,31+,32-/m1/s1. The Morgan fingerprint density at radius 1 is 1.24 bits per heavy atom. The number of ether oxygens (including phenoxy) is 5. The lowest BCUT2D eigenvalue weighted by Gasteiger charge is -2.42. The Kier molecular flexibility index (Phi) is 10.3. The van der Waals surface area contributed by atoms with Gasteiger partial charge in [0, 0.05) is 19.4 Å². The van der Waals surface area contributed by atoms with Gasteiger partial charge in [0.2, 0.25) is 5.91 Å². The zero-order chi connectivity index (χ0) is 33.3. The molecule has 0 aromatic heterocycles. The number of halogens is 1. The number of esters is 1. The Balaban J connectivity index is 1.75. The van der Waals surface area contributed by atoms with Gasteiger partial charge in [-0.05, 0) is 51.8 Å². The van der Waals surface area contributed by atoms with E-state index >= 15 is 0 Å². The first-order valence-electron chi connectivity index (χ1n) is 14.8. The van der Waals surface area contributed by atoms with E-state index in [0.717, 1.165) is 11.1 Å². The van der Waals surface area contributed by atoms with E-state index in [9.17, 15) is 24.6 Å². The Morgan fingerprint density at radius 3 is 2.60 bits per heavy atom. The molecule has 1 aromatic carbocycles. The van der Waals surface area contributed by atoms with Gasteiger partial charge in [0.05, 0.1) is 37.3 Å². The van der Waals surface area contributed by atoms with Crippen LogP contribution in [0.2, 0.25) is 5.02 Å². The third kappa shape index (κ3) is 8.17. The number of allylic oxidation sites excluding steroid dienone is 3. The normalized spacial score (nSPS) is 32.3. The Hall–Kier alpha value is -3.16. The Bertz CT molecular complexity index is 1370. The number of carbonyl (C=O) groups is 3. The minimum atomic E-state index is -1.80. The van der Waals surface area contributed by atoms with E-state index < -0.39 is 65.2 Å². The van der Waals surface area contributed by atoms with Crippen LogP contribution in [0.25, 0.3) is 0 Å². The molecule has 0 spiro atoms. The van der Waals surface area contributed by atoms with Crippen molar-refractivity contribution in [3.8, 4) is 5.75 Å². The van der Waals surface area contributed by atoms with Gasteiger partial charge in [0.15, 0.2) is 5.72 Å². The summed E-state index contributed by atoms with van der Waals surface area (Å²) in [5, 5.41) is 27.3. The Morgan fingerprint density at radius 2 is 1.96 bits per heavy atom. The fraction of sp³-hybridized carbons (Fsp3) is 0.594. The molecule has 45 heavy (non-hydrogen) atoms. The first-order valence-corrected chi connectivity index (χ1v) is 15.2. The van der Waals surface area contributed by atoms with Crippen molar-refractivity contribution in [1.82, 2.24) is 5.32 Å². The highest BCUT2D eigenvalue weighted by Gasteiger charge is 2.64. The molecule has 0 aliphatic carbocycles. The summed E-state index contributed by atoms with van der Waals surface area (Å²) in [5.41, 5.74) is -2.25. The number of anilines is 1. The van der Waals surface area contributed by atoms with Crippen molar-refractivity contribution in [1.29, 1.82) is 0 Å². The predicted molar refractivity (Wildman–Crippen MR) is 165 cm³/mol. The van der Waals surface area contributed by atoms with Crippen molar-refractivity contribution in [2.75, 3.05) is 19.5 Å². The summed E-state index contributed by atoms with van der Waals surface area (Å²) in [7, 11) is 2.90. The van der Waals surface area contributed by atoms with Gasteiger partial charge in [-0.2, -0.15) is 0 Å². The number of alkyl carbamates (subject to hydrolysis) is 1. The molecule has 4 rings (SSSR count). The molecule has 12 nitrogen and oxygen atoms in total. The maximum atomic E-state index is 13.5. The van der Waals surface area contributed by atoms with E-state index in [-0.39, 0.29) is 24.3 Å². The molecule has 0 saturated carbocycles. The number of hydrogen-bond acceptors (Lipinski definition) is 10. The summed E-state index contributed by atoms with van der Waals surface area (Å²) in [5.74, 6) is -1.35. The van der Waals surface area contributed by atoms with Crippen LogP contribution in [0.4, 0.5) is 10.5 Å². The minimum Gasteiger partial charge on any atom is -0.495 e. The molecule has 2 fully saturated rings. The molecule has 1 aromatic rings. The summed E-state index contributed by atoms with van der Waals surface area (Å²) >= 11 is 6.57. The fourth-order valence-electron chi connectivity index (χ4n) is 5.96. The molecule has 4 bridgehead atoms. The number of rotatable bonds is 5. The maximum Gasteiger partial charge on any atom is 0.409 e. The van der Waals surface area contributed by atoms with Crippen LogP contribution in [0.5, 0.6) is 5.75 Å². The minimum absolute atomic E-state index is 0.0326. The highest BCUT2D eigenvalue weighted by atomic mass is 35.5. The van der Waals surface area contributed by atoms with Crippen LogP contribution in [0, 0.1) is 5.92 Å². The third-order valence-electron chi connectivity index (χ3n) is 8.37. The summed E-state index contributed by atoms with van der Waals surface area (Å²) in [4.78, 5) is 39.0. The number of benzene rings is 1. The highest BCUT2D eigenvalue weighted by molar-refractivity contribution is 6.35. The lowest BCUT2D eigenvalue weighted by molar-refractivity contribution is -0.157. The predicted octanol–water partition coefficient (Wildman–Crippen LogP) is 3.80. The van der Waals surface area contributed by atoms with Crippen molar-refractivity contribution in [2.45, 2.75) is 102 Å². The van der Waals surface area contributed by atoms with Crippen molar-refractivity contribution >= 4 is 35.3 Å². The van der Waals surface area contributed by atoms with E-state index in [1.165, 1.54) is 28.1 Å². The van der Waals surface area contributed by atoms with E-state index in [4.69, 9.17) is 35.3 Å². The second-order valence-corrected chi connectivity index (χ2v) is 13.3. The topological polar surface area (TPSA) is 165 Å². The second-order valence-electron chi connectivity index (χ2n) is 12.9. The molecular weight excluding hydrogens is 608 g/mol. The lowest BCUT2D eigenvalue weighted by atomic mass is 9.83. The van der Waals surface area contributed by atoms with E-state index in [0.29, 0.717) is 17.9 Å². The number of aliphatic hydroxyl groups is 2. The average molecular weight is 651 g/mol. The molecule has 4 N–H and O–H groups in total. The lowest BCUT2D eigenvalue weighted by Crippen LogP contribution is -2.63. The van der Waals surface area contributed by atoms with Crippen molar-refractivity contribution in [3.63, 3.8) is 0 Å². The first-order chi connectivity index (χ1) is 21.0. The maximum absolute atomic E-state index is 13.5. The van der Waals surface area contributed by atoms with Gasteiger partial charge in [-0.1, -0.05) is 42.3 Å². The van der Waals surface area contributed by atoms with Crippen LogP contribution in [0.15, 0.2) is 35.9 Å². The number of fused-ring (bicyclic) bond motifs is 5. The van der Waals surface area contributed by atoms with Crippen molar-refractivity contribution in [2.24, 2.45) is 5.92 Å². The average Bonchev–Trinajstić information content (AvgIpc) is 3.62. The molecule has 13 heteroatoms. The highest BCUT2D eigenvalue weighted by Crippen LogP contribution is 2.49. The van der Waals surface area contributed by atoms with E-state index in [2.05, 4.69) is 10.6 Å². The van der Waals surface area contributed by atoms with Gasteiger partial charge < -0.3 is 39.2 Å². The molecule has 0 radical (unpaired) electrons. The number of methoxy groups -OCH3 is 2. The van der Waals surface area contributed by atoms with Crippen molar-refractivity contribution in [3.05, 3.63) is 46.5 Å². The van der Waals surface area contributed by atoms with Crippen molar-refractivity contribution < 1.29 is 48.3 Å². The van der Waals surface area contributed by atoms with Gasteiger partial charge in [-0.15, -0.1) is 0 Å². The SMILES string of the molecule is COc1cc2cc(c1Cl)NC(=O)C[C@H](OC(=O)CC(C)(C)O)[C@]1(C)O[C@@H]1[C@H](C)[C@H]1C[C@](O)(NC(=O)O1)[C@H](OC)C=CC=C(C)C2. The molecule has 248 valence electrons. The monoisotopic (exact) mass is 650 g/mol. The molecule has 2 saturated heterocycles. The second kappa shape index (κ2) is 13.3. The summed E-state index contributed by atoms with van der Waals surface area (Å²) in [6, 6.07) is 3.51. The van der Waals surface area contributed by atoms with Crippen LogP contribution >= 0.6 is 11.6 Å². The number of nitrogens with one attached hydrogen (secondary N) is 2. The van der Waals surface area contributed by atoms with Crippen LogP contribution in [0.3, 0.4) is 0 Å². The molecular formula is C32H43ClN2O10. The van der Waals surface area contributed by atoms with E-state index in [1.807, 2.05) is 13.0 Å². The molecule has 3 aliphatic heterocycles. The van der Waals surface area contributed by atoms with Gasteiger partial charge in [0.25, 0.3) is 0 Å². The fourth-order valence-corrected chi connectivity index (χ4v) is 6.20. The zero-order valence-electron chi connectivity index (χ0n) is 26.6. The van der Waals surface area contributed by atoms with E-state index in [1.54, 1.807) is 38.1 Å².